The smallest absolute Gasteiger partial charge is 0.248 e. The zero-order chi connectivity index (χ0) is 23.5. The van der Waals surface area contributed by atoms with Crippen molar-refractivity contribution >= 4 is 40.8 Å². The van der Waals surface area contributed by atoms with Gasteiger partial charge in [-0.1, -0.05) is 50.2 Å². The molecule has 9 heteroatoms. The van der Waals surface area contributed by atoms with Gasteiger partial charge in [-0.3, -0.25) is 19.6 Å². The van der Waals surface area contributed by atoms with Crippen LogP contribution in [0, 0.1) is 17.8 Å². The summed E-state index contributed by atoms with van der Waals surface area (Å²) in [5, 5.41) is 16.7. The van der Waals surface area contributed by atoms with E-state index in [1.54, 1.807) is 16.8 Å². The summed E-state index contributed by atoms with van der Waals surface area (Å²) in [4.78, 5) is 38.4. The van der Waals surface area contributed by atoms with Crippen molar-refractivity contribution in [1.29, 1.82) is 0 Å². The molecule has 3 atom stereocenters. The molecular formula is C23H31N3O4S2. The van der Waals surface area contributed by atoms with Gasteiger partial charge in [0, 0.05) is 19.2 Å². The summed E-state index contributed by atoms with van der Waals surface area (Å²) in [6.45, 7) is 3.95. The van der Waals surface area contributed by atoms with E-state index >= 15 is 0 Å². The molecule has 1 heterocycles. The van der Waals surface area contributed by atoms with Gasteiger partial charge in [0.15, 0.2) is 0 Å². The number of thioether (sulfide) groups is 1. The highest BCUT2D eigenvalue weighted by molar-refractivity contribution is 8.01. The molecule has 0 aliphatic heterocycles. The van der Waals surface area contributed by atoms with Crippen molar-refractivity contribution in [3.63, 3.8) is 0 Å². The second kappa shape index (κ2) is 13.2. The van der Waals surface area contributed by atoms with Gasteiger partial charge in [-0.25, -0.2) is 5.48 Å². The zero-order valence-electron chi connectivity index (χ0n) is 18.5. The number of thiophene rings is 1. The molecule has 0 saturated carbocycles. The first kappa shape index (κ1) is 25.9. The van der Waals surface area contributed by atoms with E-state index in [1.165, 1.54) is 18.8 Å². The fraction of sp³-hybridized carbons (Fsp3) is 0.435. The molecule has 0 spiro atoms. The maximum absolute atomic E-state index is 13.4. The average molecular weight is 478 g/mol. The SMILES string of the molecule is CNC(=O)C(Cc1ccccc1)NC(=O)C(CC(C)C)C(CSc1cccs1)C(=O)NO. The molecule has 32 heavy (non-hydrogen) atoms. The molecule has 0 bridgehead atoms. The van der Waals surface area contributed by atoms with Crippen molar-refractivity contribution in [2.24, 2.45) is 17.8 Å². The Kier molecular flexibility index (Phi) is 10.7. The summed E-state index contributed by atoms with van der Waals surface area (Å²) in [5.41, 5.74) is 2.64. The van der Waals surface area contributed by atoms with E-state index in [9.17, 15) is 19.6 Å². The summed E-state index contributed by atoms with van der Waals surface area (Å²) in [7, 11) is 1.53. The Morgan fingerprint density at radius 3 is 2.28 bits per heavy atom. The molecule has 1 aromatic carbocycles. The zero-order valence-corrected chi connectivity index (χ0v) is 20.2. The molecule has 0 aliphatic carbocycles. The lowest BCUT2D eigenvalue weighted by atomic mass is 9.84. The highest BCUT2D eigenvalue weighted by atomic mass is 32.2. The van der Waals surface area contributed by atoms with Gasteiger partial charge in [-0.2, -0.15) is 0 Å². The third-order valence-corrected chi connectivity index (χ3v) is 7.31. The van der Waals surface area contributed by atoms with Crippen LogP contribution in [0.25, 0.3) is 0 Å². The molecule has 174 valence electrons. The van der Waals surface area contributed by atoms with Crippen molar-refractivity contribution in [1.82, 2.24) is 16.1 Å². The van der Waals surface area contributed by atoms with Gasteiger partial charge in [0.1, 0.15) is 6.04 Å². The maximum atomic E-state index is 13.4. The predicted molar refractivity (Wildman–Crippen MR) is 128 cm³/mol. The number of benzene rings is 1. The number of carbonyl (C=O) groups is 3. The van der Waals surface area contributed by atoms with E-state index in [-0.39, 0.29) is 17.7 Å². The molecule has 0 radical (unpaired) electrons. The van der Waals surface area contributed by atoms with E-state index in [1.807, 2.05) is 61.7 Å². The summed E-state index contributed by atoms with van der Waals surface area (Å²) in [5.74, 6) is -2.26. The van der Waals surface area contributed by atoms with Crippen molar-refractivity contribution in [3.8, 4) is 0 Å². The fourth-order valence-corrected chi connectivity index (χ4v) is 5.44. The first-order valence-corrected chi connectivity index (χ1v) is 12.4. The first-order chi connectivity index (χ1) is 15.3. The number of amides is 3. The van der Waals surface area contributed by atoms with E-state index < -0.39 is 23.8 Å². The lowest BCUT2D eigenvalue weighted by molar-refractivity contribution is -0.140. The molecule has 0 saturated heterocycles. The van der Waals surface area contributed by atoms with Crippen LogP contribution in [0.2, 0.25) is 0 Å². The molecule has 3 unspecified atom stereocenters. The van der Waals surface area contributed by atoms with Crippen molar-refractivity contribution < 1.29 is 19.6 Å². The van der Waals surface area contributed by atoms with Gasteiger partial charge in [0.25, 0.3) is 0 Å². The lowest BCUT2D eigenvalue weighted by Crippen LogP contribution is -2.51. The number of nitrogens with one attached hydrogen (secondary N) is 3. The van der Waals surface area contributed by atoms with Crippen LogP contribution in [0.15, 0.2) is 52.1 Å². The van der Waals surface area contributed by atoms with Crippen molar-refractivity contribution in [2.75, 3.05) is 12.8 Å². The lowest BCUT2D eigenvalue weighted by Gasteiger charge is -2.28. The quantitative estimate of drug-likeness (QED) is 0.213. The van der Waals surface area contributed by atoms with Gasteiger partial charge >= 0.3 is 0 Å². The van der Waals surface area contributed by atoms with Crippen LogP contribution in [0.5, 0.6) is 0 Å². The predicted octanol–water partition coefficient (Wildman–Crippen LogP) is 3.10. The van der Waals surface area contributed by atoms with Gasteiger partial charge in [-0.15, -0.1) is 23.1 Å². The van der Waals surface area contributed by atoms with E-state index in [4.69, 9.17) is 0 Å². The van der Waals surface area contributed by atoms with Crippen LogP contribution in [0.1, 0.15) is 25.8 Å². The molecule has 0 fully saturated rings. The Labute approximate surface area is 197 Å². The number of rotatable bonds is 12. The summed E-state index contributed by atoms with van der Waals surface area (Å²) >= 11 is 3.02. The Morgan fingerprint density at radius 2 is 1.72 bits per heavy atom. The molecule has 3 amide bonds. The molecule has 2 rings (SSSR count). The summed E-state index contributed by atoms with van der Waals surface area (Å²) in [6.07, 6.45) is 0.780. The third-order valence-electron chi connectivity index (χ3n) is 5.06. The minimum atomic E-state index is -0.771. The summed E-state index contributed by atoms with van der Waals surface area (Å²) in [6, 6.07) is 12.5. The summed E-state index contributed by atoms with van der Waals surface area (Å²) < 4.78 is 1.02. The minimum absolute atomic E-state index is 0.138. The normalized spacial score (nSPS) is 13.8. The topological polar surface area (TPSA) is 108 Å². The standard InChI is InChI=1S/C23H31N3O4S2/c1-15(2)12-17(18(22(28)26-30)14-32-20-10-7-11-31-20)21(27)25-19(23(29)24-3)13-16-8-5-4-6-9-16/h4-11,15,17-19,30H,12-14H2,1-3H3,(H,24,29)(H,25,27)(H,26,28). The van der Waals surface area contributed by atoms with Crippen molar-refractivity contribution in [3.05, 3.63) is 53.4 Å². The highest BCUT2D eigenvalue weighted by Crippen LogP contribution is 2.31. The number of hydrogen-bond acceptors (Lipinski definition) is 6. The van der Waals surface area contributed by atoms with E-state index in [2.05, 4.69) is 10.6 Å². The van der Waals surface area contributed by atoms with Crippen LogP contribution in [-0.2, 0) is 20.8 Å². The monoisotopic (exact) mass is 477 g/mol. The second-order valence-corrected chi connectivity index (χ2v) is 10.2. The Balaban J connectivity index is 2.23. The number of likely N-dealkylation sites (N-methyl/N-ethyl adjacent to an activating group) is 1. The maximum Gasteiger partial charge on any atom is 0.248 e. The molecule has 7 nitrogen and oxygen atoms in total. The Morgan fingerprint density at radius 1 is 1.00 bits per heavy atom. The van der Waals surface area contributed by atoms with Gasteiger partial charge in [-0.05, 0) is 29.3 Å². The molecular weight excluding hydrogens is 446 g/mol. The molecule has 0 aliphatic rings. The molecule has 4 N–H and O–H groups in total. The number of hydroxylamine groups is 1. The molecule has 1 aromatic heterocycles. The Hall–Kier alpha value is -2.36. The van der Waals surface area contributed by atoms with Crippen LogP contribution in [-0.4, -0.2) is 41.8 Å². The van der Waals surface area contributed by atoms with Gasteiger partial charge in [0.05, 0.1) is 16.0 Å². The first-order valence-electron chi connectivity index (χ1n) is 10.5. The Bertz CT molecular complexity index is 859. The van der Waals surface area contributed by atoms with Crippen LogP contribution < -0.4 is 16.1 Å². The van der Waals surface area contributed by atoms with Crippen LogP contribution in [0.3, 0.4) is 0 Å². The minimum Gasteiger partial charge on any atom is -0.357 e. The van der Waals surface area contributed by atoms with Gasteiger partial charge < -0.3 is 10.6 Å². The van der Waals surface area contributed by atoms with Crippen LogP contribution in [0.4, 0.5) is 0 Å². The second-order valence-electron chi connectivity index (χ2n) is 7.93. The number of carbonyl (C=O) groups excluding carboxylic acids is 3. The highest BCUT2D eigenvalue weighted by Gasteiger charge is 2.36. The molecule has 2 aromatic rings. The average Bonchev–Trinajstić information content (AvgIpc) is 3.31. The van der Waals surface area contributed by atoms with E-state index in [0.29, 0.717) is 18.6 Å². The van der Waals surface area contributed by atoms with Gasteiger partial charge in [0.2, 0.25) is 17.7 Å². The van der Waals surface area contributed by atoms with E-state index in [0.717, 1.165) is 9.77 Å². The largest absolute Gasteiger partial charge is 0.357 e. The number of hydrogen-bond donors (Lipinski definition) is 4. The van der Waals surface area contributed by atoms with Crippen molar-refractivity contribution in [2.45, 2.75) is 36.9 Å². The van der Waals surface area contributed by atoms with Crippen LogP contribution >= 0.6 is 23.1 Å². The fourth-order valence-electron chi connectivity index (χ4n) is 3.45. The third kappa shape index (κ3) is 7.96.